The SMILES string of the molecule is NC[C@@H]1CC[C@H](c2cccc(N)c2)O1. The Kier molecular flexibility index (Phi) is 2.70. The van der Waals surface area contributed by atoms with Crippen molar-refractivity contribution in [3.63, 3.8) is 0 Å². The van der Waals surface area contributed by atoms with Crippen LogP contribution in [0.3, 0.4) is 0 Å². The molecule has 1 aromatic carbocycles. The molecule has 4 N–H and O–H groups in total. The highest BCUT2D eigenvalue weighted by molar-refractivity contribution is 5.41. The van der Waals surface area contributed by atoms with Crippen LogP contribution in [-0.2, 0) is 4.74 Å². The quantitative estimate of drug-likeness (QED) is 0.697. The monoisotopic (exact) mass is 192 g/mol. The molecule has 0 radical (unpaired) electrons. The van der Waals surface area contributed by atoms with E-state index in [1.807, 2.05) is 18.2 Å². The van der Waals surface area contributed by atoms with E-state index in [4.69, 9.17) is 16.2 Å². The Bertz CT molecular complexity index is 314. The fraction of sp³-hybridized carbons (Fsp3) is 0.455. The largest absolute Gasteiger partial charge is 0.399 e. The Balaban J connectivity index is 2.09. The van der Waals surface area contributed by atoms with Gasteiger partial charge in [-0.3, -0.25) is 0 Å². The first-order valence-electron chi connectivity index (χ1n) is 5.00. The minimum atomic E-state index is 0.187. The molecule has 1 aliphatic heterocycles. The van der Waals surface area contributed by atoms with Crippen LogP contribution < -0.4 is 11.5 Å². The molecule has 2 atom stereocenters. The Hall–Kier alpha value is -1.06. The lowest BCUT2D eigenvalue weighted by Gasteiger charge is -2.12. The number of hydrogen-bond acceptors (Lipinski definition) is 3. The molecule has 76 valence electrons. The van der Waals surface area contributed by atoms with E-state index in [1.165, 1.54) is 5.56 Å². The van der Waals surface area contributed by atoms with Crippen LogP contribution in [0.5, 0.6) is 0 Å². The van der Waals surface area contributed by atoms with E-state index in [2.05, 4.69) is 6.07 Å². The van der Waals surface area contributed by atoms with Crippen LogP contribution in [0, 0.1) is 0 Å². The van der Waals surface area contributed by atoms with Crippen LogP contribution in [0.25, 0.3) is 0 Å². The second-order valence-corrected chi connectivity index (χ2v) is 3.73. The average molecular weight is 192 g/mol. The number of benzene rings is 1. The van der Waals surface area contributed by atoms with Crippen LogP contribution in [0.2, 0.25) is 0 Å². The summed E-state index contributed by atoms with van der Waals surface area (Å²) in [6.07, 6.45) is 2.51. The Morgan fingerprint density at radius 1 is 1.36 bits per heavy atom. The second-order valence-electron chi connectivity index (χ2n) is 3.73. The molecule has 0 aliphatic carbocycles. The summed E-state index contributed by atoms with van der Waals surface area (Å²) in [5, 5.41) is 0. The summed E-state index contributed by atoms with van der Waals surface area (Å²) in [6, 6.07) is 7.88. The molecule has 0 spiro atoms. The Labute approximate surface area is 84.0 Å². The lowest BCUT2D eigenvalue weighted by atomic mass is 10.1. The summed E-state index contributed by atoms with van der Waals surface area (Å²) >= 11 is 0. The predicted octanol–water partition coefficient (Wildman–Crippen LogP) is 1.45. The number of anilines is 1. The van der Waals surface area contributed by atoms with Gasteiger partial charge in [0.1, 0.15) is 0 Å². The minimum absolute atomic E-state index is 0.187. The maximum Gasteiger partial charge on any atom is 0.0831 e. The highest BCUT2D eigenvalue weighted by Gasteiger charge is 2.25. The van der Waals surface area contributed by atoms with Gasteiger partial charge in [-0.1, -0.05) is 12.1 Å². The summed E-state index contributed by atoms with van der Waals surface area (Å²) in [7, 11) is 0. The van der Waals surface area contributed by atoms with E-state index in [0.717, 1.165) is 18.5 Å². The number of hydrogen-bond donors (Lipinski definition) is 2. The smallest absolute Gasteiger partial charge is 0.0831 e. The van der Waals surface area contributed by atoms with Crippen LogP contribution in [0.1, 0.15) is 24.5 Å². The number of nitrogen functional groups attached to an aromatic ring is 1. The fourth-order valence-electron chi connectivity index (χ4n) is 1.88. The van der Waals surface area contributed by atoms with E-state index in [9.17, 15) is 0 Å². The number of nitrogens with two attached hydrogens (primary N) is 2. The molecule has 0 bridgehead atoms. The van der Waals surface area contributed by atoms with Crippen LogP contribution in [0.15, 0.2) is 24.3 Å². The molecule has 3 nitrogen and oxygen atoms in total. The molecule has 1 fully saturated rings. The summed E-state index contributed by atoms with van der Waals surface area (Å²) < 4.78 is 5.77. The van der Waals surface area contributed by atoms with E-state index in [0.29, 0.717) is 6.54 Å². The highest BCUT2D eigenvalue weighted by atomic mass is 16.5. The number of ether oxygens (including phenoxy) is 1. The van der Waals surface area contributed by atoms with Gasteiger partial charge in [0, 0.05) is 12.2 Å². The number of rotatable bonds is 2. The second kappa shape index (κ2) is 3.98. The zero-order valence-corrected chi connectivity index (χ0v) is 8.15. The molecule has 14 heavy (non-hydrogen) atoms. The van der Waals surface area contributed by atoms with Gasteiger partial charge in [0.15, 0.2) is 0 Å². The van der Waals surface area contributed by atoms with Gasteiger partial charge >= 0.3 is 0 Å². The van der Waals surface area contributed by atoms with Crippen molar-refractivity contribution >= 4 is 5.69 Å². The van der Waals surface area contributed by atoms with Gasteiger partial charge in [-0.05, 0) is 30.5 Å². The molecule has 3 heteroatoms. The normalized spacial score (nSPS) is 26.6. The van der Waals surface area contributed by atoms with Crippen molar-refractivity contribution in [3.8, 4) is 0 Å². The van der Waals surface area contributed by atoms with Gasteiger partial charge in [-0.2, -0.15) is 0 Å². The van der Waals surface area contributed by atoms with Crippen molar-refractivity contribution in [1.29, 1.82) is 0 Å². The maximum atomic E-state index is 5.77. The van der Waals surface area contributed by atoms with Gasteiger partial charge < -0.3 is 16.2 Å². The minimum Gasteiger partial charge on any atom is -0.399 e. The van der Waals surface area contributed by atoms with Crippen LogP contribution in [0.4, 0.5) is 5.69 Å². The van der Waals surface area contributed by atoms with Gasteiger partial charge in [0.2, 0.25) is 0 Å². The van der Waals surface area contributed by atoms with Crippen LogP contribution in [-0.4, -0.2) is 12.6 Å². The zero-order valence-electron chi connectivity index (χ0n) is 8.15. The first kappa shape index (κ1) is 9.49. The van der Waals surface area contributed by atoms with Crippen molar-refractivity contribution in [2.75, 3.05) is 12.3 Å². The van der Waals surface area contributed by atoms with E-state index in [1.54, 1.807) is 0 Å². The van der Waals surface area contributed by atoms with Crippen molar-refractivity contribution in [3.05, 3.63) is 29.8 Å². The van der Waals surface area contributed by atoms with Crippen molar-refractivity contribution < 1.29 is 4.74 Å². The molecule has 0 unspecified atom stereocenters. The molecule has 1 heterocycles. The molecular formula is C11H16N2O. The molecule has 2 rings (SSSR count). The van der Waals surface area contributed by atoms with E-state index in [-0.39, 0.29) is 12.2 Å². The lowest BCUT2D eigenvalue weighted by Crippen LogP contribution is -2.18. The third-order valence-corrected chi connectivity index (χ3v) is 2.65. The Morgan fingerprint density at radius 3 is 2.86 bits per heavy atom. The standard InChI is InChI=1S/C11H16N2O/c12-7-10-4-5-11(14-10)8-2-1-3-9(13)6-8/h1-3,6,10-11H,4-5,7,12-13H2/t10-,11+/m0/s1. The molecule has 0 aromatic heterocycles. The van der Waals surface area contributed by atoms with Gasteiger partial charge in [-0.25, -0.2) is 0 Å². The molecule has 1 aromatic rings. The molecular weight excluding hydrogens is 176 g/mol. The molecule has 0 amide bonds. The zero-order chi connectivity index (χ0) is 9.97. The maximum absolute atomic E-state index is 5.77. The molecule has 1 saturated heterocycles. The van der Waals surface area contributed by atoms with Gasteiger partial charge in [-0.15, -0.1) is 0 Å². The topological polar surface area (TPSA) is 61.3 Å². The first-order valence-corrected chi connectivity index (χ1v) is 5.00. The van der Waals surface area contributed by atoms with Gasteiger partial charge in [0.25, 0.3) is 0 Å². The van der Waals surface area contributed by atoms with Gasteiger partial charge in [0.05, 0.1) is 12.2 Å². The Morgan fingerprint density at radius 2 is 2.21 bits per heavy atom. The fourth-order valence-corrected chi connectivity index (χ4v) is 1.88. The average Bonchev–Trinajstić information content (AvgIpc) is 2.66. The third kappa shape index (κ3) is 1.89. The highest BCUT2D eigenvalue weighted by Crippen LogP contribution is 2.32. The summed E-state index contributed by atoms with van der Waals surface area (Å²) in [4.78, 5) is 0. The lowest BCUT2D eigenvalue weighted by molar-refractivity contribution is 0.0499. The summed E-state index contributed by atoms with van der Waals surface area (Å²) in [5.41, 5.74) is 13.2. The summed E-state index contributed by atoms with van der Waals surface area (Å²) in [5.74, 6) is 0. The molecule has 1 aliphatic rings. The van der Waals surface area contributed by atoms with Crippen molar-refractivity contribution in [2.45, 2.75) is 25.0 Å². The third-order valence-electron chi connectivity index (χ3n) is 2.65. The van der Waals surface area contributed by atoms with Crippen molar-refractivity contribution in [2.24, 2.45) is 5.73 Å². The first-order chi connectivity index (χ1) is 6.79. The van der Waals surface area contributed by atoms with E-state index < -0.39 is 0 Å². The molecule has 0 saturated carbocycles. The van der Waals surface area contributed by atoms with Crippen molar-refractivity contribution in [1.82, 2.24) is 0 Å². The predicted molar refractivity (Wildman–Crippen MR) is 56.8 cm³/mol. The summed E-state index contributed by atoms with van der Waals surface area (Å²) in [6.45, 7) is 0.610. The van der Waals surface area contributed by atoms with Crippen LogP contribution >= 0.6 is 0 Å². The van der Waals surface area contributed by atoms with E-state index >= 15 is 0 Å².